The molecular formula is C15H19NO3S. The van der Waals surface area contributed by atoms with E-state index >= 15 is 0 Å². The Bertz CT molecular complexity index is 634. The fourth-order valence-corrected chi connectivity index (χ4v) is 3.54. The molecule has 0 radical (unpaired) electrons. The first kappa shape index (κ1) is 16.4. The third-order valence-corrected chi connectivity index (χ3v) is 4.96. The number of aryl methyl sites for hydroxylation is 1. The lowest BCUT2D eigenvalue weighted by molar-refractivity contribution is -0.108. The van der Waals surface area contributed by atoms with Crippen LogP contribution in [-0.2, 0) is 14.8 Å². The van der Waals surface area contributed by atoms with Crippen LogP contribution < -0.4 is 0 Å². The zero-order chi connectivity index (χ0) is 15.4. The largest absolute Gasteiger partial charge is 0.302 e. The summed E-state index contributed by atoms with van der Waals surface area (Å²) in [6.45, 7) is 6.65. The van der Waals surface area contributed by atoms with Gasteiger partial charge in [-0.15, -0.1) is 5.92 Å². The number of rotatable bonds is 5. The molecule has 1 aromatic rings. The van der Waals surface area contributed by atoms with Crippen LogP contribution >= 0.6 is 0 Å². The molecule has 1 rings (SSSR count). The third kappa shape index (κ3) is 3.47. The van der Waals surface area contributed by atoms with E-state index in [0.29, 0.717) is 6.29 Å². The quantitative estimate of drug-likeness (QED) is 0.616. The van der Waals surface area contributed by atoms with Crippen LogP contribution in [0.1, 0.15) is 26.3 Å². The van der Waals surface area contributed by atoms with Crippen LogP contribution in [0.25, 0.3) is 0 Å². The fraction of sp³-hybridized carbons (Fsp3) is 0.400. The van der Waals surface area contributed by atoms with Crippen molar-refractivity contribution in [2.45, 2.75) is 38.1 Å². The third-order valence-electron chi connectivity index (χ3n) is 2.90. The minimum absolute atomic E-state index is 0.163. The molecule has 0 aromatic heterocycles. The van der Waals surface area contributed by atoms with Gasteiger partial charge in [0.2, 0.25) is 10.0 Å². The van der Waals surface area contributed by atoms with Gasteiger partial charge in [0.1, 0.15) is 6.29 Å². The first-order valence-electron chi connectivity index (χ1n) is 6.23. The predicted octanol–water partition coefficient (Wildman–Crippen LogP) is 1.99. The molecule has 0 amide bonds. The minimum atomic E-state index is -3.76. The summed E-state index contributed by atoms with van der Waals surface area (Å²) in [4.78, 5) is 11.0. The van der Waals surface area contributed by atoms with Crippen LogP contribution in [0.15, 0.2) is 29.2 Å². The molecule has 0 aliphatic rings. The van der Waals surface area contributed by atoms with Crippen molar-refractivity contribution in [3.05, 3.63) is 29.8 Å². The van der Waals surface area contributed by atoms with Gasteiger partial charge < -0.3 is 4.79 Å². The molecule has 0 N–H and O–H groups in total. The van der Waals surface area contributed by atoms with E-state index in [1.807, 2.05) is 6.92 Å². The van der Waals surface area contributed by atoms with Crippen molar-refractivity contribution in [2.75, 3.05) is 6.54 Å². The second kappa shape index (κ2) is 6.21. The Balaban J connectivity index is 3.35. The van der Waals surface area contributed by atoms with Crippen LogP contribution in [0.2, 0.25) is 0 Å². The second-order valence-corrected chi connectivity index (χ2v) is 6.81. The van der Waals surface area contributed by atoms with Crippen LogP contribution in [0.4, 0.5) is 0 Å². The number of hydrogen-bond donors (Lipinski definition) is 0. The van der Waals surface area contributed by atoms with Crippen molar-refractivity contribution in [1.82, 2.24) is 4.31 Å². The predicted molar refractivity (Wildman–Crippen MR) is 78.7 cm³/mol. The highest BCUT2D eigenvalue weighted by Crippen LogP contribution is 2.24. The molecule has 4 nitrogen and oxygen atoms in total. The van der Waals surface area contributed by atoms with E-state index < -0.39 is 15.6 Å². The molecule has 0 unspecified atom stereocenters. The van der Waals surface area contributed by atoms with Gasteiger partial charge in [0, 0.05) is 0 Å². The Morgan fingerprint density at radius 2 is 1.80 bits per heavy atom. The van der Waals surface area contributed by atoms with Gasteiger partial charge in [-0.3, -0.25) is 0 Å². The Morgan fingerprint density at radius 3 is 2.25 bits per heavy atom. The number of carbonyl (C=O) groups is 1. The molecule has 0 heterocycles. The summed E-state index contributed by atoms with van der Waals surface area (Å²) in [5.74, 6) is 5.54. The lowest BCUT2D eigenvalue weighted by Crippen LogP contribution is -2.47. The lowest BCUT2D eigenvalue weighted by Gasteiger charge is -2.32. The number of sulfonamides is 1. The molecule has 0 saturated heterocycles. The summed E-state index contributed by atoms with van der Waals surface area (Å²) in [5.41, 5.74) is 0.0258. The van der Waals surface area contributed by atoms with Crippen LogP contribution in [-0.4, -0.2) is 31.1 Å². The second-order valence-electron chi connectivity index (χ2n) is 4.95. The van der Waals surface area contributed by atoms with Crippen molar-refractivity contribution < 1.29 is 13.2 Å². The molecule has 1 aromatic carbocycles. The van der Waals surface area contributed by atoms with E-state index in [2.05, 4.69) is 11.8 Å². The highest BCUT2D eigenvalue weighted by atomic mass is 32.2. The standard InChI is InChI=1S/C15H19NO3S/c1-5-10-15(3,4)16(11-12-17)20(18,19)14-8-6-13(2)7-9-14/h6-9,12H,11H2,1-4H3. The number of hydrogen-bond acceptors (Lipinski definition) is 3. The number of aldehydes is 1. The molecule has 0 saturated carbocycles. The normalized spacial score (nSPS) is 11.8. The maximum absolute atomic E-state index is 12.7. The Labute approximate surface area is 120 Å². The molecule has 108 valence electrons. The van der Waals surface area contributed by atoms with Crippen molar-refractivity contribution in [2.24, 2.45) is 0 Å². The van der Waals surface area contributed by atoms with Crippen LogP contribution in [0.3, 0.4) is 0 Å². The highest BCUT2D eigenvalue weighted by Gasteiger charge is 2.35. The lowest BCUT2D eigenvalue weighted by atomic mass is 10.1. The molecule has 0 aliphatic heterocycles. The summed E-state index contributed by atoms with van der Waals surface area (Å²) in [7, 11) is -3.76. The van der Waals surface area contributed by atoms with Gasteiger partial charge in [-0.2, -0.15) is 4.31 Å². The molecule has 0 fully saturated rings. The summed E-state index contributed by atoms with van der Waals surface area (Å²) in [6.07, 6.45) is 0.574. The smallest absolute Gasteiger partial charge is 0.244 e. The van der Waals surface area contributed by atoms with E-state index in [4.69, 9.17) is 0 Å². The Kier molecular flexibility index (Phi) is 5.09. The molecule has 0 bridgehead atoms. The molecule has 0 atom stereocenters. The minimum Gasteiger partial charge on any atom is -0.302 e. The maximum Gasteiger partial charge on any atom is 0.244 e. The topological polar surface area (TPSA) is 54.5 Å². The average molecular weight is 293 g/mol. The number of nitrogens with zero attached hydrogens (tertiary/aromatic N) is 1. The molecule has 5 heteroatoms. The first-order valence-corrected chi connectivity index (χ1v) is 7.67. The fourth-order valence-electron chi connectivity index (χ4n) is 1.90. The monoisotopic (exact) mass is 293 g/mol. The summed E-state index contributed by atoms with van der Waals surface area (Å²) < 4.78 is 26.4. The van der Waals surface area contributed by atoms with Gasteiger partial charge in [-0.1, -0.05) is 23.6 Å². The van der Waals surface area contributed by atoms with Crippen LogP contribution in [0.5, 0.6) is 0 Å². The summed E-state index contributed by atoms with van der Waals surface area (Å²) >= 11 is 0. The first-order chi connectivity index (χ1) is 9.25. The Morgan fingerprint density at radius 1 is 1.25 bits per heavy atom. The van der Waals surface area contributed by atoms with E-state index in [9.17, 15) is 13.2 Å². The van der Waals surface area contributed by atoms with Gasteiger partial charge >= 0.3 is 0 Å². The van der Waals surface area contributed by atoms with Crippen molar-refractivity contribution in [3.63, 3.8) is 0 Å². The molecule has 20 heavy (non-hydrogen) atoms. The Hall–Kier alpha value is -1.64. The van der Waals surface area contributed by atoms with Gasteiger partial charge in [0.15, 0.2) is 0 Å². The molecule has 0 aliphatic carbocycles. The summed E-state index contributed by atoms with van der Waals surface area (Å²) in [5, 5.41) is 0. The SMILES string of the molecule is CC#CC(C)(C)N(CC=O)S(=O)(=O)c1ccc(C)cc1. The van der Waals surface area contributed by atoms with E-state index in [1.165, 1.54) is 12.1 Å². The number of carbonyl (C=O) groups excluding carboxylic acids is 1. The van der Waals surface area contributed by atoms with Crippen molar-refractivity contribution in [3.8, 4) is 11.8 Å². The average Bonchev–Trinajstić information content (AvgIpc) is 2.36. The van der Waals surface area contributed by atoms with Crippen LogP contribution in [0, 0.1) is 18.8 Å². The van der Waals surface area contributed by atoms with Crippen molar-refractivity contribution in [1.29, 1.82) is 0 Å². The van der Waals surface area contributed by atoms with Gasteiger partial charge in [-0.05, 0) is 39.8 Å². The maximum atomic E-state index is 12.7. The van der Waals surface area contributed by atoms with E-state index in [1.54, 1.807) is 32.9 Å². The van der Waals surface area contributed by atoms with Gasteiger partial charge in [0.05, 0.1) is 17.0 Å². The van der Waals surface area contributed by atoms with Crippen molar-refractivity contribution >= 4 is 16.3 Å². The van der Waals surface area contributed by atoms with E-state index in [0.717, 1.165) is 9.87 Å². The molecule has 0 spiro atoms. The zero-order valence-corrected chi connectivity index (χ0v) is 13.0. The van der Waals surface area contributed by atoms with Gasteiger partial charge in [-0.25, -0.2) is 8.42 Å². The zero-order valence-electron chi connectivity index (χ0n) is 12.2. The number of benzene rings is 1. The van der Waals surface area contributed by atoms with E-state index in [-0.39, 0.29) is 11.4 Å². The summed E-state index contributed by atoms with van der Waals surface area (Å²) in [6, 6.07) is 6.53. The molecular weight excluding hydrogens is 274 g/mol. The highest BCUT2D eigenvalue weighted by molar-refractivity contribution is 7.89. The van der Waals surface area contributed by atoms with Gasteiger partial charge in [0.25, 0.3) is 0 Å².